The molecule has 1 aliphatic heterocycles. The molecule has 9 nitrogen and oxygen atoms in total. The number of nitrogens with one attached hydrogen (secondary N) is 1. The lowest BCUT2D eigenvalue weighted by Gasteiger charge is -2.27. The van der Waals surface area contributed by atoms with E-state index in [1.165, 1.54) is 18.4 Å². The average Bonchev–Trinajstić information content (AvgIpc) is 3.47. The van der Waals surface area contributed by atoms with Crippen LogP contribution in [0.4, 0.5) is 0 Å². The molecule has 1 amide bonds. The Hall–Kier alpha value is -2.95. The van der Waals surface area contributed by atoms with Crippen LogP contribution in [0.5, 0.6) is 5.75 Å². The lowest BCUT2D eigenvalue weighted by atomic mass is 10.1. The molecule has 2 aromatic heterocycles. The van der Waals surface area contributed by atoms with E-state index in [-0.39, 0.29) is 12.3 Å². The summed E-state index contributed by atoms with van der Waals surface area (Å²) in [6.45, 7) is 6.71. The van der Waals surface area contributed by atoms with Gasteiger partial charge in [0.1, 0.15) is 11.8 Å². The number of morpholine rings is 1. The molecule has 10 heteroatoms. The van der Waals surface area contributed by atoms with E-state index in [4.69, 9.17) is 14.2 Å². The molecule has 0 spiro atoms. The van der Waals surface area contributed by atoms with Crippen molar-refractivity contribution in [1.82, 2.24) is 19.8 Å². The number of aromatic nitrogens is 2. The van der Waals surface area contributed by atoms with Crippen LogP contribution in [-0.4, -0.2) is 79.4 Å². The molecule has 3 aromatic rings. The van der Waals surface area contributed by atoms with Crippen molar-refractivity contribution in [3.63, 3.8) is 0 Å². The molecule has 1 aliphatic rings. The smallest absolute Gasteiger partial charge is 0.328 e. The summed E-state index contributed by atoms with van der Waals surface area (Å²) in [5.74, 6) is -0.128. The van der Waals surface area contributed by atoms with Gasteiger partial charge in [-0.25, -0.2) is 9.78 Å². The van der Waals surface area contributed by atoms with Gasteiger partial charge in [-0.3, -0.25) is 9.69 Å². The number of ether oxygens (including phenoxy) is 3. The van der Waals surface area contributed by atoms with Gasteiger partial charge < -0.3 is 24.1 Å². The first kappa shape index (κ1) is 24.2. The second-order valence-corrected chi connectivity index (χ2v) is 9.08. The molecule has 1 fully saturated rings. The highest BCUT2D eigenvalue weighted by Gasteiger charge is 2.28. The maximum atomic E-state index is 13.5. The third kappa shape index (κ3) is 5.08. The minimum atomic E-state index is -0.833. The molecule has 1 atom stereocenters. The van der Waals surface area contributed by atoms with E-state index in [1.807, 2.05) is 30.5 Å². The number of hydrogen-bond acceptors (Lipinski definition) is 8. The normalized spacial score (nSPS) is 15.3. The molecule has 0 bridgehead atoms. The maximum Gasteiger partial charge on any atom is 0.328 e. The van der Waals surface area contributed by atoms with E-state index < -0.39 is 12.0 Å². The number of esters is 1. The zero-order valence-corrected chi connectivity index (χ0v) is 20.5. The number of thiazole rings is 1. The zero-order chi connectivity index (χ0) is 24.1. The van der Waals surface area contributed by atoms with Crippen LogP contribution in [0.25, 0.3) is 10.9 Å². The van der Waals surface area contributed by atoms with Gasteiger partial charge in [-0.15, -0.1) is 11.3 Å². The van der Waals surface area contributed by atoms with Crippen molar-refractivity contribution in [2.45, 2.75) is 25.9 Å². The number of carbonyl (C=O) groups excluding carboxylic acids is 2. The Bertz CT molecular complexity index is 1140. The fourth-order valence-corrected chi connectivity index (χ4v) is 5.05. The Kier molecular flexibility index (Phi) is 7.81. The fourth-order valence-electron chi connectivity index (χ4n) is 4.39. The van der Waals surface area contributed by atoms with Gasteiger partial charge in [-0.2, -0.15) is 0 Å². The van der Waals surface area contributed by atoms with Crippen LogP contribution in [0.15, 0.2) is 29.8 Å². The van der Waals surface area contributed by atoms with E-state index in [9.17, 15) is 9.59 Å². The summed E-state index contributed by atoms with van der Waals surface area (Å²) < 4.78 is 18.2. The molecule has 0 saturated carbocycles. The van der Waals surface area contributed by atoms with Crippen molar-refractivity contribution >= 4 is 34.1 Å². The standard InChI is InChI=1S/C24H30N4O5S/c1-16-21(23(29)26-18(24(30)32-3)15-20-25-7-14-34-20)17-5-4-6-19(31-2)22(17)28(16)9-8-27-10-12-33-13-11-27/h4-7,14,18H,8-13,15H2,1-3H3,(H,26,29)/t18-/m0/s1. The van der Waals surface area contributed by atoms with E-state index >= 15 is 0 Å². The molecule has 1 aromatic carbocycles. The molecule has 0 radical (unpaired) electrons. The Morgan fingerprint density at radius 3 is 2.71 bits per heavy atom. The van der Waals surface area contributed by atoms with Crippen molar-refractivity contribution in [2.75, 3.05) is 47.1 Å². The number of para-hydroxylation sites is 1. The number of fused-ring (bicyclic) bond motifs is 1. The molecule has 0 aliphatic carbocycles. The van der Waals surface area contributed by atoms with E-state index in [1.54, 1.807) is 13.3 Å². The average molecular weight is 487 g/mol. The largest absolute Gasteiger partial charge is 0.495 e. The predicted molar refractivity (Wildman–Crippen MR) is 130 cm³/mol. The molecular formula is C24H30N4O5S. The number of nitrogens with zero attached hydrogens (tertiary/aromatic N) is 3. The zero-order valence-electron chi connectivity index (χ0n) is 19.7. The first-order chi connectivity index (χ1) is 16.5. The number of hydrogen-bond donors (Lipinski definition) is 1. The van der Waals surface area contributed by atoms with Gasteiger partial charge in [-0.1, -0.05) is 12.1 Å². The molecule has 182 valence electrons. The molecule has 4 rings (SSSR count). The van der Waals surface area contributed by atoms with Crippen LogP contribution < -0.4 is 10.1 Å². The first-order valence-corrected chi connectivity index (χ1v) is 12.1. The third-order valence-electron chi connectivity index (χ3n) is 6.15. The monoisotopic (exact) mass is 486 g/mol. The molecule has 3 heterocycles. The number of amides is 1. The highest BCUT2D eigenvalue weighted by Crippen LogP contribution is 2.33. The Labute approximate surface area is 202 Å². The van der Waals surface area contributed by atoms with Crippen LogP contribution >= 0.6 is 11.3 Å². The van der Waals surface area contributed by atoms with Crippen LogP contribution in [0, 0.1) is 6.92 Å². The second kappa shape index (κ2) is 11.0. The lowest BCUT2D eigenvalue weighted by molar-refractivity contribution is -0.142. The Morgan fingerprint density at radius 1 is 1.24 bits per heavy atom. The number of rotatable bonds is 9. The summed E-state index contributed by atoms with van der Waals surface area (Å²) in [6, 6.07) is 4.85. The van der Waals surface area contributed by atoms with Gasteiger partial charge in [0.15, 0.2) is 0 Å². The second-order valence-electron chi connectivity index (χ2n) is 8.10. The summed E-state index contributed by atoms with van der Waals surface area (Å²) in [4.78, 5) is 32.6. The topological polar surface area (TPSA) is 94.9 Å². The highest BCUT2D eigenvalue weighted by molar-refractivity contribution is 7.09. The van der Waals surface area contributed by atoms with E-state index in [0.29, 0.717) is 17.9 Å². The lowest BCUT2D eigenvalue weighted by Crippen LogP contribution is -2.43. The molecular weight excluding hydrogens is 456 g/mol. The third-order valence-corrected chi connectivity index (χ3v) is 6.95. The van der Waals surface area contributed by atoms with Crippen molar-refractivity contribution in [1.29, 1.82) is 0 Å². The number of carbonyl (C=O) groups is 2. The van der Waals surface area contributed by atoms with Crippen molar-refractivity contribution in [3.05, 3.63) is 46.0 Å². The minimum Gasteiger partial charge on any atom is -0.495 e. The van der Waals surface area contributed by atoms with Crippen molar-refractivity contribution in [2.24, 2.45) is 0 Å². The Balaban J connectivity index is 1.66. The fraction of sp³-hybridized carbons (Fsp3) is 0.458. The quantitative estimate of drug-likeness (QED) is 0.464. The van der Waals surface area contributed by atoms with Crippen LogP contribution in [0.3, 0.4) is 0 Å². The van der Waals surface area contributed by atoms with Crippen LogP contribution in [0.2, 0.25) is 0 Å². The molecule has 1 saturated heterocycles. The van der Waals surface area contributed by atoms with Gasteiger partial charge in [0.05, 0.1) is 43.5 Å². The van der Waals surface area contributed by atoms with Crippen LogP contribution in [-0.2, 0) is 27.2 Å². The van der Waals surface area contributed by atoms with Gasteiger partial charge >= 0.3 is 5.97 Å². The predicted octanol–water partition coefficient (Wildman–Crippen LogP) is 2.26. The van der Waals surface area contributed by atoms with Gasteiger partial charge in [-0.05, 0) is 13.0 Å². The summed E-state index contributed by atoms with van der Waals surface area (Å²) in [5, 5.41) is 6.26. The van der Waals surface area contributed by atoms with Gasteiger partial charge in [0.2, 0.25) is 0 Å². The molecule has 1 N–H and O–H groups in total. The van der Waals surface area contributed by atoms with Crippen molar-refractivity contribution in [3.8, 4) is 5.75 Å². The SMILES string of the molecule is COC(=O)[C@H](Cc1nccs1)NC(=O)c1c(C)n(CCN2CCOCC2)c2c(OC)cccc12. The van der Waals surface area contributed by atoms with Gasteiger partial charge in [0, 0.05) is 55.3 Å². The van der Waals surface area contributed by atoms with E-state index in [2.05, 4.69) is 19.8 Å². The summed E-state index contributed by atoms with van der Waals surface area (Å²) >= 11 is 1.43. The summed E-state index contributed by atoms with van der Waals surface area (Å²) in [6.07, 6.45) is 1.95. The van der Waals surface area contributed by atoms with Crippen LogP contribution in [0.1, 0.15) is 21.1 Å². The number of methoxy groups -OCH3 is 2. The minimum absolute atomic E-state index is 0.272. The summed E-state index contributed by atoms with van der Waals surface area (Å²) in [7, 11) is 2.95. The maximum absolute atomic E-state index is 13.5. The van der Waals surface area contributed by atoms with Gasteiger partial charge in [0.25, 0.3) is 5.91 Å². The van der Waals surface area contributed by atoms with E-state index in [0.717, 1.165) is 54.5 Å². The first-order valence-electron chi connectivity index (χ1n) is 11.3. The Morgan fingerprint density at radius 2 is 2.03 bits per heavy atom. The van der Waals surface area contributed by atoms with Crippen molar-refractivity contribution < 1.29 is 23.8 Å². The number of benzene rings is 1. The highest BCUT2D eigenvalue weighted by atomic mass is 32.1. The summed E-state index contributed by atoms with van der Waals surface area (Å²) in [5.41, 5.74) is 2.22. The molecule has 34 heavy (non-hydrogen) atoms. The molecule has 0 unspecified atom stereocenters.